The molecule has 4 aromatic carbocycles. The quantitative estimate of drug-likeness (QED) is 0.139. The zero-order valence-electron chi connectivity index (χ0n) is 22.0. The van der Waals surface area contributed by atoms with Crippen LogP contribution in [0.25, 0.3) is 33.2 Å². The fourth-order valence-corrected chi connectivity index (χ4v) is 4.61. The van der Waals surface area contributed by atoms with Crippen LogP contribution in [-0.2, 0) is 20.1 Å². The Balaban J connectivity index is 0.000000187. The first-order valence-electron chi connectivity index (χ1n) is 12.8. The van der Waals surface area contributed by atoms with Crippen molar-refractivity contribution in [3.05, 3.63) is 121 Å². The largest absolute Gasteiger partial charge is 0.494 e. The number of benzene rings is 4. The fourth-order valence-electron chi connectivity index (χ4n) is 4.61. The molecule has 5 heteroatoms. The van der Waals surface area contributed by atoms with Crippen LogP contribution in [0.1, 0.15) is 19.4 Å². The van der Waals surface area contributed by atoms with Crippen molar-refractivity contribution in [3.63, 3.8) is 0 Å². The second-order valence-corrected chi connectivity index (χ2v) is 9.58. The number of aryl methyl sites for hydroxylation is 1. The summed E-state index contributed by atoms with van der Waals surface area (Å²) in [4.78, 5) is 4.32. The summed E-state index contributed by atoms with van der Waals surface area (Å²) in [6.07, 6.45) is 1.87. The summed E-state index contributed by atoms with van der Waals surface area (Å²) in [5.74, 6) is 0. The van der Waals surface area contributed by atoms with E-state index in [0.29, 0.717) is 6.04 Å². The summed E-state index contributed by atoms with van der Waals surface area (Å²) >= 11 is 0. The molecule has 39 heavy (non-hydrogen) atoms. The van der Waals surface area contributed by atoms with Gasteiger partial charge in [-0.1, -0.05) is 63.1 Å². The van der Waals surface area contributed by atoms with Crippen molar-refractivity contribution >= 4 is 45.0 Å². The number of para-hydroxylation sites is 3. The molecule has 7 rings (SSSR count). The predicted molar refractivity (Wildman–Crippen MR) is 154 cm³/mol. The van der Waals surface area contributed by atoms with Gasteiger partial charge in [0.2, 0.25) is 0 Å². The molecule has 0 aliphatic carbocycles. The van der Waals surface area contributed by atoms with E-state index >= 15 is 0 Å². The Morgan fingerprint density at radius 2 is 1.59 bits per heavy atom. The van der Waals surface area contributed by atoms with Gasteiger partial charge < -0.3 is 9.40 Å². The Morgan fingerprint density at radius 3 is 2.33 bits per heavy atom. The minimum atomic E-state index is 0. The number of fused-ring (bicyclic) bond motifs is 4. The van der Waals surface area contributed by atoms with Gasteiger partial charge in [-0.2, -0.15) is 6.07 Å². The van der Waals surface area contributed by atoms with E-state index in [1.165, 1.54) is 5.56 Å². The molecule has 0 bridgehead atoms. The maximum Gasteiger partial charge on any atom is 0.494 e. The minimum absolute atomic E-state index is 0. The zero-order valence-corrected chi connectivity index (χ0v) is 24.4. The summed E-state index contributed by atoms with van der Waals surface area (Å²) < 4.78 is 10.2. The van der Waals surface area contributed by atoms with Gasteiger partial charge in [0.25, 0.3) is 11.4 Å². The smallest absolute Gasteiger partial charge is 0.483 e. The summed E-state index contributed by atoms with van der Waals surface area (Å²) in [6, 6.07) is 42.8. The van der Waals surface area contributed by atoms with Gasteiger partial charge in [0.1, 0.15) is 11.3 Å². The van der Waals surface area contributed by atoms with Crippen LogP contribution >= 0.6 is 0 Å². The molecule has 1 aliphatic heterocycles. The van der Waals surface area contributed by atoms with Crippen LogP contribution in [0.3, 0.4) is 0 Å². The molecule has 0 spiro atoms. The first-order valence-corrected chi connectivity index (χ1v) is 12.8. The molecule has 1 aliphatic rings. The van der Waals surface area contributed by atoms with E-state index in [4.69, 9.17) is 4.42 Å². The third-order valence-corrected chi connectivity index (χ3v) is 6.54. The van der Waals surface area contributed by atoms with E-state index in [9.17, 15) is 0 Å². The molecule has 0 atom stereocenters. The maximum atomic E-state index is 6.03. The Bertz CT molecular complexity index is 1830. The Labute approximate surface area is 241 Å². The van der Waals surface area contributed by atoms with Crippen LogP contribution in [0.4, 0.5) is 17.1 Å². The molecule has 0 N–H and O–H groups in total. The van der Waals surface area contributed by atoms with Gasteiger partial charge in [-0.15, -0.1) is 42.0 Å². The number of furan rings is 1. The third kappa shape index (κ3) is 5.26. The number of pyridine rings is 1. The Kier molecular flexibility index (Phi) is 7.67. The second kappa shape index (κ2) is 11.3. The van der Waals surface area contributed by atoms with E-state index in [1.807, 2.05) is 73.8 Å². The number of hydrogen-bond donors (Lipinski definition) is 0. The van der Waals surface area contributed by atoms with Gasteiger partial charge >= 0.3 is 6.01 Å². The fraction of sp³-hybridized carbons (Fsp3) is 0.118. The van der Waals surface area contributed by atoms with E-state index < -0.39 is 0 Å². The van der Waals surface area contributed by atoms with Gasteiger partial charge in [-0.3, -0.25) is 0 Å². The van der Waals surface area contributed by atoms with Crippen LogP contribution in [0.2, 0.25) is 0 Å². The first-order chi connectivity index (χ1) is 18.6. The van der Waals surface area contributed by atoms with E-state index in [2.05, 4.69) is 82.5 Å². The second-order valence-electron chi connectivity index (χ2n) is 9.58. The molecule has 6 aromatic rings. The van der Waals surface area contributed by atoms with Gasteiger partial charge in [0.05, 0.1) is 0 Å². The monoisotopic (exact) mass is 686 g/mol. The van der Waals surface area contributed by atoms with Crippen LogP contribution in [0.15, 0.2) is 108 Å². The van der Waals surface area contributed by atoms with Gasteiger partial charge in [0, 0.05) is 44.0 Å². The minimum Gasteiger partial charge on any atom is -0.483 e. The molecular weight excluding hydrogens is 659 g/mol. The SMILES string of the molecule is CC(C)[N+]1=C=[N+](c2[c-]cc3c(c2)oc2ccccc23)c2ccccc21.Cc1ccc(-c2[c-]cccc2)nc1.[Ir]. The van der Waals surface area contributed by atoms with Crippen LogP contribution < -0.4 is 4.58 Å². The van der Waals surface area contributed by atoms with Crippen molar-refractivity contribution in [2.75, 3.05) is 0 Å². The predicted octanol–water partition coefficient (Wildman–Crippen LogP) is 8.32. The molecular formula is C34H27IrN3O. The molecule has 4 nitrogen and oxygen atoms in total. The van der Waals surface area contributed by atoms with E-state index in [1.54, 1.807) is 0 Å². The molecule has 2 aromatic heterocycles. The molecule has 0 amide bonds. The number of hydrogen-bond acceptors (Lipinski definition) is 2. The van der Waals surface area contributed by atoms with Crippen molar-refractivity contribution < 1.29 is 29.1 Å². The number of aromatic nitrogens is 1. The van der Waals surface area contributed by atoms with Crippen LogP contribution in [-0.4, -0.2) is 21.6 Å². The van der Waals surface area contributed by atoms with Gasteiger partial charge in [-0.05, 0) is 43.5 Å². The normalized spacial score (nSPS) is 11.9. The molecule has 1 radical (unpaired) electrons. The topological polar surface area (TPSA) is 32.0 Å². The molecule has 0 saturated carbocycles. The van der Waals surface area contributed by atoms with Crippen molar-refractivity contribution in [1.82, 2.24) is 9.56 Å². The van der Waals surface area contributed by atoms with Crippen LogP contribution in [0.5, 0.6) is 0 Å². The van der Waals surface area contributed by atoms with Gasteiger partial charge in [0.15, 0.2) is 6.04 Å². The van der Waals surface area contributed by atoms with Crippen molar-refractivity contribution in [1.29, 1.82) is 0 Å². The van der Waals surface area contributed by atoms with Crippen molar-refractivity contribution in [2.45, 2.75) is 26.8 Å². The Morgan fingerprint density at radius 1 is 0.821 bits per heavy atom. The summed E-state index contributed by atoms with van der Waals surface area (Å²) in [5.41, 5.74) is 8.19. The van der Waals surface area contributed by atoms with Crippen molar-refractivity contribution in [3.8, 4) is 11.3 Å². The maximum absolute atomic E-state index is 6.03. The Hall–Kier alpha value is -4.14. The molecule has 0 unspecified atom stereocenters. The first kappa shape index (κ1) is 26.5. The standard InChI is InChI=1S/C22H17N2O.C12H10N.Ir/c1-15(2)23-14-24(20-9-5-4-8-19(20)23)16-11-12-18-17-7-3-6-10-21(17)25-22(18)13-16;1-10-7-8-12(13-9-10)11-5-3-2-4-6-11;/h3-10,12-13,15H,1-2H3;2-5,7-9H,1H3;/q+1;-1;. The number of nitrogens with zero attached hydrogens (tertiary/aromatic N) is 3. The average Bonchev–Trinajstić information content (AvgIpc) is 3.53. The summed E-state index contributed by atoms with van der Waals surface area (Å²) in [5, 5.41) is 2.21. The molecule has 0 fully saturated rings. The van der Waals surface area contributed by atoms with Crippen molar-refractivity contribution in [2.24, 2.45) is 0 Å². The molecule has 193 valence electrons. The molecule has 0 saturated heterocycles. The third-order valence-electron chi connectivity index (χ3n) is 6.54. The molecule has 3 heterocycles. The average molecular weight is 686 g/mol. The van der Waals surface area contributed by atoms with E-state index in [-0.39, 0.29) is 20.1 Å². The zero-order chi connectivity index (χ0) is 26.1. The summed E-state index contributed by atoms with van der Waals surface area (Å²) in [7, 11) is 0. The summed E-state index contributed by atoms with van der Waals surface area (Å²) in [6.45, 7) is 6.37. The van der Waals surface area contributed by atoms with Gasteiger partial charge in [-0.25, -0.2) is 0 Å². The van der Waals surface area contributed by atoms with Crippen LogP contribution in [0, 0.1) is 19.1 Å². The number of rotatable bonds is 3. The van der Waals surface area contributed by atoms with E-state index in [0.717, 1.165) is 50.3 Å².